The molecule has 4 heterocycles. The third-order valence-corrected chi connectivity index (χ3v) is 12.4. The van der Waals surface area contributed by atoms with E-state index in [1.165, 1.54) is 15.3 Å². The first-order valence-electron chi connectivity index (χ1n) is 20.8. The first kappa shape index (κ1) is 44.0. The van der Waals surface area contributed by atoms with Crippen LogP contribution in [0.15, 0.2) is 66.0 Å². The fraction of sp³-hybridized carbons (Fsp3) is 0.467. The Hall–Kier alpha value is -5.54. The molecule has 6 N–H and O–H groups in total. The number of amides is 4. The van der Waals surface area contributed by atoms with Crippen molar-refractivity contribution in [2.75, 3.05) is 43.4 Å². The van der Waals surface area contributed by atoms with Crippen LogP contribution in [0.3, 0.4) is 0 Å². The van der Waals surface area contributed by atoms with Gasteiger partial charge in [0, 0.05) is 69.0 Å². The maximum Gasteiger partial charge on any atom is 0.246 e. The van der Waals surface area contributed by atoms with Crippen molar-refractivity contribution >= 4 is 46.5 Å². The average Bonchev–Trinajstić information content (AvgIpc) is 3.85. The highest BCUT2D eigenvalue weighted by atomic mass is 32.1. The van der Waals surface area contributed by atoms with Crippen LogP contribution in [0.25, 0.3) is 21.7 Å². The number of benzene rings is 2. The molecule has 2 fully saturated rings. The van der Waals surface area contributed by atoms with Crippen LogP contribution < -0.4 is 21.3 Å². The number of nitrogens with one attached hydrogen (secondary N) is 2. The van der Waals surface area contributed by atoms with Crippen LogP contribution in [0, 0.1) is 12.3 Å². The maximum absolute atomic E-state index is 14.0. The number of carbonyl (C=O) groups excluding carboxylic acids is 4. The van der Waals surface area contributed by atoms with Crippen LogP contribution in [-0.4, -0.2) is 105 Å². The van der Waals surface area contributed by atoms with E-state index >= 15 is 0 Å². The van der Waals surface area contributed by atoms with Gasteiger partial charge in [0.05, 0.1) is 17.5 Å². The van der Waals surface area contributed by atoms with E-state index in [0.717, 1.165) is 29.7 Å². The Balaban J connectivity index is 0.910. The normalized spacial score (nSPS) is 17.4. The molecule has 4 aromatic rings. The Labute approximate surface area is 356 Å². The van der Waals surface area contributed by atoms with Crippen molar-refractivity contribution < 1.29 is 29.4 Å². The number of carbonyl (C=O) groups is 4. The standard InChI is InChI=1S/C45H58N8O6S/c1-29-19-24-60-40(29)31-17-15-30(16-18-31)27-47-43(58)36-25-32(54)28-53(36)44(59)41(45(2,3)4)48-38(56)13-7-5-6-8-14-39(57)52-22-20-51(21-23-52)35-26-34(49-50-42(35)46)33-11-9-10-12-37(33)55/h9-12,15-19,24,26,32,36,41,54-55H,5-8,13-14,20-23,25,27-28H2,1-4H3,(H2,46,50)(H,47,58)(H,48,56)/t32-,36+,41-/m1/s1. The van der Waals surface area contributed by atoms with Crippen LogP contribution >= 0.6 is 11.3 Å². The van der Waals surface area contributed by atoms with Crippen molar-refractivity contribution in [2.45, 2.75) is 97.4 Å². The van der Waals surface area contributed by atoms with Gasteiger partial charge < -0.3 is 41.3 Å². The van der Waals surface area contributed by atoms with E-state index in [4.69, 9.17) is 5.73 Å². The predicted molar refractivity (Wildman–Crippen MR) is 234 cm³/mol. The first-order valence-corrected chi connectivity index (χ1v) is 21.7. The number of anilines is 2. The molecule has 0 unspecified atom stereocenters. The maximum atomic E-state index is 14.0. The Bertz CT molecular complexity index is 2130. The Kier molecular flexibility index (Phi) is 14.4. The second-order valence-corrected chi connectivity index (χ2v) is 17.8. The van der Waals surface area contributed by atoms with E-state index in [1.54, 1.807) is 29.5 Å². The van der Waals surface area contributed by atoms with E-state index in [2.05, 4.69) is 44.1 Å². The Morgan fingerprint density at radius 2 is 1.63 bits per heavy atom. The topological polar surface area (TPSA) is 194 Å². The molecule has 0 bridgehead atoms. The van der Waals surface area contributed by atoms with Gasteiger partial charge in [-0.15, -0.1) is 21.5 Å². The molecule has 6 rings (SSSR count). The number of aliphatic hydroxyl groups excluding tert-OH is 1. The number of nitrogens with zero attached hydrogens (tertiary/aromatic N) is 5. The van der Waals surface area contributed by atoms with Crippen LogP contribution in [0.2, 0.25) is 0 Å². The summed E-state index contributed by atoms with van der Waals surface area (Å²) >= 11 is 1.69. The lowest BCUT2D eigenvalue weighted by atomic mass is 9.85. The minimum absolute atomic E-state index is 0.0151. The third-order valence-electron chi connectivity index (χ3n) is 11.3. The lowest BCUT2D eigenvalue weighted by Crippen LogP contribution is -2.57. The highest BCUT2D eigenvalue weighted by molar-refractivity contribution is 7.13. The molecule has 14 nitrogen and oxygen atoms in total. The first-order chi connectivity index (χ1) is 28.7. The number of hydrogen-bond acceptors (Lipinski definition) is 11. The number of aryl methyl sites for hydroxylation is 1. The van der Waals surface area contributed by atoms with Gasteiger partial charge in [0.1, 0.15) is 17.8 Å². The van der Waals surface area contributed by atoms with Crippen LogP contribution in [0.4, 0.5) is 11.5 Å². The number of thiophene rings is 1. The number of nitrogens with two attached hydrogens (primary N) is 1. The molecule has 320 valence electrons. The molecule has 15 heteroatoms. The fourth-order valence-corrected chi connectivity index (χ4v) is 8.77. The molecular formula is C45H58N8O6S. The number of aromatic hydroxyl groups is 1. The Morgan fingerprint density at radius 1 is 0.933 bits per heavy atom. The van der Waals surface area contributed by atoms with E-state index in [1.807, 2.05) is 62.1 Å². The number of hydrogen-bond donors (Lipinski definition) is 5. The van der Waals surface area contributed by atoms with Crippen molar-refractivity contribution in [1.29, 1.82) is 0 Å². The summed E-state index contributed by atoms with van der Waals surface area (Å²) in [6.45, 7) is 10.3. The summed E-state index contributed by atoms with van der Waals surface area (Å²) in [7, 11) is 0. The molecule has 0 radical (unpaired) electrons. The molecular weight excluding hydrogens is 781 g/mol. The number of likely N-dealkylation sites (tertiary alicyclic amines) is 1. The van der Waals surface area contributed by atoms with Gasteiger partial charge in [0.15, 0.2) is 5.82 Å². The lowest BCUT2D eigenvalue weighted by molar-refractivity contribution is -0.144. The summed E-state index contributed by atoms with van der Waals surface area (Å²) in [5, 5.41) is 37.1. The monoisotopic (exact) mass is 838 g/mol. The van der Waals surface area contributed by atoms with E-state index in [-0.39, 0.29) is 55.3 Å². The minimum atomic E-state index is -0.887. The number of nitrogen functional groups attached to an aromatic ring is 1. The molecule has 0 spiro atoms. The van der Waals surface area contributed by atoms with Crippen LogP contribution in [0.5, 0.6) is 5.75 Å². The van der Waals surface area contributed by atoms with Crippen molar-refractivity contribution in [3.8, 4) is 27.4 Å². The molecule has 4 amide bonds. The molecule has 3 atom stereocenters. The molecule has 2 aromatic heterocycles. The van der Waals surface area contributed by atoms with E-state index in [0.29, 0.717) is 62.5 Å². The highest BCUT2D eigenvalue weighted by Crippen LogP contribution is 2.33. The van der Waals surface area contributed by atoms with Gasteiger partial charge >= 0.3 is 0 Å². The lowest BCUT2D eigenvalue weighted by Gasteiger charge is -2.36. The number of rotatable bonds is 15. The molecule has 2 aliphatic heterocycles. The number of unbranched alkanes of at least 4 members (excludes halogenated alkanes) is 3. The number of aromatic nitrogens is 2. The summed E-state index contributed by atoms with van der Waals surface area (Å²) in [5.41, 5.74) is 10.6. The quantitative estimate of drug-likeness (QED) is 0.0986. The van der Waals surface area contributed by atoms with Gasteiger partial charge in [-0.1, -0.05) is 70.0 Å². The van der Waals surface area contributed by atoms with E-state index < -0.39 is 23.6 Å². The number of aliphatic hydroxyl groups is 1. The predicted octanol–water partition coefficient (Wildman–Crippen LogP) is 5.27. The highest BCUT2D eigenvalue weighted by Gasteiger charge is 2.44. The molecule has 2 saturated heterocycles. The largest absolute Gasteiger partial charge is 0.507 e. The summed E-state index contributed by atoms with van der Waals surface area (Å²) in [5.74, 6) is -0.491. The summed E-state index contributed by atoms with van der Waals surface area (Å²) in [4.78, 5) is 60.2. The van der Waals surface area contributed by atoms with Crippen molar-refractivity contribution in [3.05, 3.63) is 77.2 Å². The summed E-state index contributed by atoms with van der Waals surface area (Å²) < 4.78 is 0. The van der Waals surface area contributed by atoms with Crippen LogP contribution in [0.1, 0.15) is 76.8 Å². The molecule has 2 aromatic carbocycles. The van der Waals surface area contributed by atoms with Crippen molar-refractivity contribution in [3.63, 3.8) is 0 Å². The van der Waals surface area contributed by atoms with Gasteiger partial charge in [-0.3, -0.25) is 19.2 Å². The minimum Gasteiger partial charge on any atom is -0.507 e. The van der Waals surface area contributed by atoms with Gasteiger partial charge in [-0.25, -0.2) is 0 Å². The zero-order valence-corrected chi connectivity index (χ0v) is 35.8. The summed E-state index contributed by atoms with van der Waals surface area (Å²) in [6, 6.07) is 17.1. The zero-order chi connectivity index (χ0) is 43.0. The Morgan fingerprint density at radius 3 is 2.30 bits per heavy atom. The summed E-state index contributed by atoms with van der Waals surface area (Å²) in [6.07, 6.45) is 2.78. The van der Waals surface area contributed by atoms with Crippen molar-refractivity contribution in [2.24, 2.45) is 5.41 Å². The molecule has 2 aliphatic rings. The van der Waals surface area contributed by atoms with Gasteiger partial charge in [-0.05, 0) is 71.5 Å². The van der Waals surface area contributed by atoms with Crippen LogP contribution in [-0.2, 0) is 25.7 Å². The van der Waals surface area contributed by atoms with Gasteiger partial charge in [-0.2, -0.15) is 0 Å². The number of piperazine rings is 1. The number of phenols is 1. The second kappa shape index (κ2) is 19.7. The smallest absolute Gasteiger partial charge is 0.246 e. The van der Waals surface area contributed by atoms with Crippen molar-refractivity contribution in [1.82, 2.24) is 30.6 Å². The second-order valence-electron chi connectivity index (χ2n) is 16.9. The fourth-order valence-electron chi connectivity index (χ4n) is 7.84. The van der Waals surface area contributed by atoms with Gasteiger partial charge in [0.2, 0.25) is 23.6 Å². The average molecular weight is 839 g/mol. The van der Waals surface area contributed by atoms with Gasteiger partial charge in [0.25, 0.3) is 0 Å². The SMILES string of the molecule is Cc1ccsc1-c1ccc(CNC(=O)[C@@H]2C[C@@H](O)CN2C(=O)[C@@H](NC(=O)CCCCCCC(=O)N2CCN(c3cc(-c4ccccc4O)nnc3N)CC2)C(C)(C)C)cc1. The molecule has 0 saturated carbocycles. The van der Waals surface area contributed by atoms with E-state index in [9.17, 15) is 29.4 Å². The molecule has 60 heavy (non-hydrogen) atoms. The number of para-hydroxylation sites is 1. The zero-order valence-electron chi connectivity index (χ0n) is 35.0. The molecule has 0 aliphatic carbocycles. The number of phenolic OH excluding ortho intramolecular Hbond substituents is 1. The number of β-amino-alcohol motifs (C(OH)–C–C–N with tert-alkyl or cyclic N) is 1. The third kappa shape index (κ3) is 11.0.